The first-order valence-electron chi connectivity index (χ1n) is 7.42. The second kappa shape index (κ2) is 5.76. The smallest absolute Gasteiger partial charge is 0.307 e. The Kier molecular flexibility index (Phi) is 3.78. The number of amides is 1. The van der Waals surface area contributed by atoms with E-state index in [2.05, 4.69) is 47.5 Å². The maximum absolute atomic E-state index is 11.7. The van der Waals surface area contributed by atoms with Crippen LogP contribution in [0.5, 0.6) is 0 Å². The molecule has 0 unspecified atom stereocenters. The van der Waals surface area contributed by atoms with E-state index in [0.29, 0.717) is 0 Å². The molecule has 0 bridgehead atoms. The van der Waals surface area contributed by atoms with E-state index >= 15 is 0 Å². The zero-order valence-corrected chi connectivity index (χ0v) is 13.4. The van der Waals surface area contributed by atoms with E-state index in [1.54, 1.807) is 18.3 Å². The minimum absolute atomic E-state index is 0.109. The van der Waals surface area contributed by atoms with Gasteiger partial charge in [0.1, 0.15) is 0 Å². The Morgan fingerprint density at radius 3 is 2.74 bits per heavy atom. The van der Waals surface area contributed by atoms with Gasteiger partial charge in [0.05, 0.1) is 6.26 Å². The fourth-order valence-electron chi connectivity index (χ4n) is 2.97. The number of likely N-dealkylation sites (N-methyl/N-ethyl adjacent to an activating group) is 1. The Hall–Kier alpha value is -2.82. The zero-order chi connectivity index (χ0) is 16.4. The monoisotopic (exact) mass is 309 g/mol. The number of allylic oxidation sites excluding steroid dienone is 2. The second-order valence-corrected chi connectivity index (χ2v) is 5.95. The molecule has 2 heterocycles. The molecule has 3 rings (SSSR count). The van der Waals surface area contributed by atoms with Crippen molar-refractivity contribution in [2.75, 3.05) is 11.9 Å². The van der Waals surface area contributed by atoms with Crippen molar-refractivity contribution >= 4 is 17.8 Å². The summed E-state index contributed by atoms with van der Waals surface area (Å²) in [6.45, 7) is 4.35. The topological polar surface area (TPSA) is 57.8 Å². The summed E-state index contributed by atoms with van der Waals surface area (Å²) in [4.78, 5) is 13.9. The summed E-state index contributed by atoms with van der Waals surface area (Å²) in [6, 6.07) is 11.6. The standard InChI is InChI=1S/C18H19N3O2/c1-18(2)13-7-4-5-8-14(13)21(3)16(18)10-11-19-20-17(22)15-9-6-12-23-15/h4-12H,1-3H3,(H,20,22)/b16-10-,19-11-. The van der Waals surface area contributed by atoms with E-state index in [-0.39, 0.29) is 17.1 Å². The number of hydrazone groups is 1. The minimum atomic E-state index is -0.369. The van der Waals surface area contributed by atoms with Gasteiger partial charge in [0, 0.05) is 30.1 Å². The number of benzene rings is 1. The summed E-state index contributed by atoms with van der Waals surface area (Å²) < 4.78 is 5.01. The molecule has 0 saturated carbocycles. The number of hydrogen-bond donors (Lipinski definition) is 1. The Morgan fingerprint density at radius 1 is 1.26 bits per heavy atom. The number of fused-ring (bicyclic) bond motifs is 1. The molecule has 0 saturated heterocycles. The Balaban J connectivity index is 1.76. The summed E-state index contributed by atoms with van der Waals surface area (Å²) in [7, 11) is 2.04. The number of nitrogens with one attached hydrogen (secondary N) is 1. The van der Waals surface area contributed by atoms with Crippen LogP contribution in [-0.4, -0.2) is 19.2 Å². The second-order valence-electron chi connectivity index (χ2n) is 5.95. The summed E-state index contributed by atoms with van der Waals surface area (Å²) in [5.41, 5.74) is 5.93. The molecule has 1 aromatic carbocycles. The quantitative estimate of drug-likeness (QED) is 0.699. The van der Waals surface area contributed by atoms with Crippen molar-refractivity contribution in [3.05, 3.63) is 65.8 Å². The van der Waals surface area contributed by atoms with Crippen LogP contribution in [0.3, 0.4) is 0 Å². The van der Waals surface area contributed by atoms with Crippen LogP contribution in [-0.2, 0) is 5.41 Å². The molecule has 5 heteroatoms. The SMILES string of the molecule is CN1/C(=C\C=N/NC(=O)c2ccco2)C(C)(C)c2ccccc21. The number of hydrogen-bond acceptors (Lipinski definition) is 4. The van der Waals surface area contributed by atoms with E-state index in [0.717, 1.165) is 5.70 Å². The van der Waals surface area contributed by atoms with Crippen LogP contribution in [0.15, 0.2) is 64.0 Å². The van der Waals surface area contributed by atoms with Gasteiger partial charge in [-0.05, 0) is 29.8 Å². The molecule has 5 nitrogen and oxygen atoms in total. The lowest BCUT2D eigenvalue weighted by atomic mass is 9.84. The summed E-state index contributed by atoms with van der Waals surface area (Å²) >= 11 is 0. The molecule has 1 N–H and O–H groups in total. The number of para-hydroxylation sites is 1. The molecule has 0 radical (unpaired) electrons. The third-order valence-electron chi connectivity index (χ3n) is 4.16. The van der Waals surface area contributed by atoms with Gasteiger partial charge in [-0.25, -0.2) is 5.43 Å². The van der Waals surface area contributed by atoms with Crippen LogP contribution in [0.25, 0.3) is 0 Å². The Morgan fingerprint density at radius 2 is 2.04 bits per heavy atom. The van der Waals surface area contributed by atoms with Crippen molar-refractivity contribution in [1.29, 1.82) is 0 Å². The molecule has 0 spiro atoms. The third kappa shape index (κ3) is 2.65. The average molecular weight is 309 g/mol. The fraction of sp³-hybridized carbons (Fsp3) is 0.222. The Labute approximate surface area is 135 Å². The molecule has 118 valence electrons. The summed E-state index contributed by atoms with van der Waals surface area (Å²) in [6.07, 6.45) is 4.97. The number of anilines is 1. The van der Waals surface area contributed by atoms with Crippen molar-refractivity contribution in [2.24, 2.45) is 5.10 Å². The van der Waals surface area contributed by atoms with E-state index < -0.39 is 0 Å². The van der Waals surface area contributed by atoms with Gasteiger partial charge in [-0.1, -0.05) is 32.0 Å². The van der Waals surface area contributed by atoms with Gasteiger partial charge in [0.15, 0.2) is 5.76 Å². The molecular formula is C18H19N3O2. The Bertz CT molecular complexity index is 773. The van der Waals surface area contributed by atoms with Gasteiger partial charge in [-0.15, -0.1) is 0 Å². The first-order valence-corrected chi connectivity index (χ1v) is 7.42. The molecule has 1 aliphatic heterocycles. The molecule has 23 heavy (non-hydrogen) atoms. The number of rotatable bonds is 3. The van der Waals surface area contributed by atoms with E-state index in [1.165, 1.54) is 17.5 Å². The minimum Gasteiger partial charge on any atom is -0.459 e. The lowest BCUT2D eigenvalue weighted by molar-refractivity contribution is 0.0927. The summed E-state index contributed by atoms with van der Waals surface area (Å²) in [5, 5.41) is 3.97. The van der Waals surface area contributed by atoms with Crippen molar-refractivity contribution in [3.8, 4) is 0 Å². The van der Waals surface area contributed by atoms with Gasteiger partial charge in [0.25, 0.3) is 0 Å². The number of nitrogens with zero attached hydrogens (tertiary/aromatic N) is 2. The predicted molar refractivity (Wildman–Crippen MR) is 90.6 cm³/mol. The normalized spacial score (nSPS) is 17.7. The number of carbonyl (C=O) groups excluding carboxylic acids is 1. The van der Waals surface area contributed by atoms with Crippen molar-refractivity contribution in [2.45, 2.75) is 19.3 Å². The molecule has 0 aliphatic carbocycles. The highest BCUT2D eigenvalue weighted by atomic mass is 16.3. The lowest BCUT2D eigenvalue weighted by Crippen LogP contribution is -2.23. The van der Waals surface area contributed by atoms with Crippen LogP contribution >= 0.6 is 0 Å². The lowest BCUT2D eigenvalue weighted by Gasteiger charge is -2.23. The van der Waals surface area contributed by atoms with Gasteiger partial charge in [-0.3, -0.25) is 4.79 Å². The van der Waals surface area contributed by atoms with Crippen LogP contribution in [0.4, 0.5) is 5.69 Å². The van der Waals surface area contributed by atoms with Crippen molar-refractivity contribution in [1.82, 2.24) is 5.43 Å². The van der Waals surface area contributed by atoms with E-state index in [9.17, 15) is 4.79 Å². The van der Waals surface area contributed by atoms with Gasteiger partial charge in [-0.2, -0.15) is 5.10 Å². The maximum atomic E-state index is 11.7. The van der Waals surface area contributed by atoms with Crippen LogP contribution < -0.4 is 10.3 Å². The predicted octanol–water partition coefficient (Wildman–Crippen LogP) is 3.31. The van der Waals surface area contributed by atoms with Crippen molar-refractivity contribution in [3.63, 3.8) is 0 Å². The highest BCUT2D eigenvalue weighted by molar-refractivity contribution is 5.92. The van der Waals surface area contributed by atoms with Crippen LogP contribution in [0.2, 0.25) is 0 Å². The molecule has 2 aromatic rings. The molecule has 0 fully saturated rings. The average Bonchev–Trinajstić information content (AvgIpc) is 3.13. The summed E-state index contributed by atoms with van der Waals surface area (Å²) in [5.74, 6) is -0.132. The maximum Gasteiger partial charge on any atom is 0.307 e. The fourth-order valence-corrected chi connectivity index (χ4v) is 2.97. The van der Waals surface area contributed by atoms with E-state index in [1.807, 2.05) is 19.2 Å². The molecule has 1 aliphatic rings. The number of carbonyl (C=O) groups is 1. The highest BCUT2D eigenvalue weighted by Crippen LogP contribution is 2.46. The van der Waals surface area contributed by atoms with Gasteiger partial charge >= 0.3 is 5.91 Å². The zero-order valence-electron chi connectivity index (χ0n) is 13.4. The third-order valence-corrected chi connectivity index (χ3v) is 4.16. The first-order chi connectivity index (χ1) is 11.0. The molecule has 1 amide bonds. The van der Waals surface area contributed by atoms with Gasteiger partial charge < -0.3 is 9.32 Å². The largest absolute Gasteiger partial charge is 0.459 e. The van der Waals surface area contributed by atoms with Crippen LogP contribution in [0.1, 0.15) is 30.0 Å². The first kappa shape index (κ1) is 15.1. The highest BCUT2D eigenvalue weighted by Gasteiger charge is 2.37. The molecular weight excluding hydrogens is 290 g/mol. The molecule has 0 atom stereocenters. The molecule has 1 aromatic heterocycles. The van der Waals surface area contributed by atoms with Crippen molar-refractivity contribution < 1.29 is 9.21 Å². The van der Waals surface area contributed by atoms with Gasteiger partial charge in [0.2, 0.25) is 0 Å². The van der Waals surface area contributed by atoms with Crippen LogP contribution in [0, 0.1) is 0 Å². The number of furan rings is 1. The van der Waals surface area contributed by atoms with E-state index in [4.69, 9.17) is 4.42 Å².